The summed E-state index contributed by atoms with van der Waals surface area (Å²) < 4.78 is 1.58. The van der Waals surface area contributed by atoms with E-state index in [1.807, 2.05) is 19.1 Å². The summed E-state index contributed by atoms with van der Waals surface area (Å²) in [6.45, 7) is 7.88. The van der Waals surface area contributed by atoms with Gasteiger partial charge in [-0.2, -0.15) is 4.98 Å². The third-order valence-corrected chi connectivity index (χ3v) is 5.33. The first-order chi connectivity index (χ1) is 13.6. The molecule has 1 amide bonds. The number of carbonyl (C=O) groups excluding carboxylic acids is 1. The molecule has 1 fully saturated rings. The molecule has 0 saturated carbocycles. The number of carbonyl (C=O) groups is 1. The van der Waals surface area contributed by atoms with Crippen LogP contribution in [0.1, 0.15) is 47.2 Å². The van der Waals surface area contributed by atoms with Crippen molar-refractivity contribution in [3.8, 4) is 0 Å². The predicted octanol–water partition coefficient (Wildman–Crippen LogP) is 2.59. The first kappa shape index (κ1) is 18.6. The Hall–Kier alpha value is -2.80. The molecule has 1 N–H and O–H groups in total. The lowest BCUT2D eigenvalue weighted by molar-refractivity contribution is 0.0940. The molecule has 7 heteroatoms. The second kappa shape index (κ2) is 8.06. The summed E-state index contributed by atoms with van der Waals surface area (Å²) in [5.74, 6) is 1.04. The maximum atomic E-state index is 12.6. The van der Waals surface area contributed by atoms with Crippen LogP contribution in [0.5, 0.6) is 0 Å². The summed E-state index contributed by atoms with van der Waals surface area (Å²) in [6, 6.07) is 10.1. The monoisotopic (exact) mass is 378 g/mol. The van der Waals surface area contributed by atoms with Crippen molar-refractivity contribution < 1.29 is 4.79 Å². The number of nitrogens with one attached hydrogen (secondary N) is 1. The average molecular weight is 378 g/mol. The van der Waals surface area contributed by atoms with Gasteiger partial charge in [0.2, 0.25) is 5.82 Å². The van der Waals surface area contributed by atoms with Gasteiger partial charge in [0.05, 0.1) is 0 Å². The molecule has 1 saturated heterocycles. The van der Waals surface area contributed by atoms with Crippen molar-refractivity contribution in [1.29, 1.82) is 0 Å². The van der Waals surface area contributed by atoms with Crippen LogP contribution < -0.4 is 5.32 Å². The van der Waals surface area contributed by atoms with Crippen LogP contribution in [0, 0.1) is 12.8 Å². The lowest BCUT2D eigenvalue weighted by atomic mass is 9.99. The Bertz CT molecular complexity index is 982. The van der Waals surface area contributed by atoms with Crippen LogP contribution in [0.15, 0.2) is 36.5 Å². The molecule has 3 aromatic rings. The standard InChI is InChI=1S/C21H26N6O/c1-15-6-5-11-26(13-15)14-18-8-4-3-7-17(18)12-23-20(28)19-24-21-22-10-9-16(2)27(21)25-19/h3-4,7-10,15H,5-6,11-14H2,1-2H3,(H,23,28). The minimum atomic E-state index is -0.286. The SMILES string of the molecule is Cc1ccnc2nc(C(=O)NCc3ccccc3CN3CCCC(C)C3)nn12. The zero-order valence-corrected chi connectivity index (χ0v) is 16.4. The summed E-state index contributed by atoms with van der Waals surface area (Å²) in [5.41, 5.74) is 3.28. The molecular formula is C21H26N6O. The van der Waals surface area contributed by atoms with Gasteiger partial charge in [-0.05, 0) is 49.4 Å². The number of aromatic nitrogens is 4. The fraction of sp³-hybridized carbons (Fsp3) is 0.429. The summed E-state index contributed by atoms with van der Waals surface area (Å²) in [6.07, 6.45) is 4.24. The van der Waals surface area contributed by atoms with Gasteiger partial charge in [0, 0.05) is 31.5 Å². The van der Waals surface area contributed by atoms with Gasteiger partial charge in [-0.25, -0.2) is 9.50 Å². The van der Waals surface area contributed by atoms with Crippen molar-refractivity contribution in [1.82, 2.24) is 29.8 Å². The third-order valence-electron chi connectivity index (χ3n) is 5.33. The highest BCUT2D eigenvalue weighted by atomic mass is 16.2. The summed E-state index contributed by atoms with van der Waals surface area (Å²) >= 11 is 0. The zero-order chi connectivity index (χ0) is 19.5. The fourth-order valence-electron chi connectivity index (χ4n) is 3.81. The van der Waals surface area contributed by atoms with Crippen LogP contribution in [0.25, 0.3) is 5.78 Å². The number of likely N-dealkylation sites (tertiary alicyclic amines) is 1. The Labute approximate surface area is 164 Å². The Balaban J connectivity index is 1.44. The molecule has 28 heavy (non-hydrogen) atoms. The van der Waals surface area contributed by atoms with E-state index >= 15 is 0 Å². The molecule has 2 aromatic heterocycles. The minimum absolute atomic E-state index is 0.143. The van der Waals surface area contributed by atoms with Crippen molar-refractivity contribution in [2.45, 2.75) is 39.8 Å². The lowest BCUT2D eigenvalue weighted by Crippen LogP contribution is -2.34. The highest BCUT2D eigenvalue weighted by Gasteiger charge is 2.18. The molecule has 1 unspecified atom stereocenters. The molecule has 0 aliphatic carbocycles. The van der Waals surface area contributed by atoms with Crippen LogP contribution >= 0.6 is 0 Å². The third kappa shape index (κ3) is 4.04. The number of nitrogens with zero attached hydrogens (tertiary/aromatic N) is 5. The largest absolute Gasteiger partial charge is 0.345 e. The van der Waals surface area contributed by atoms with Crippen LogP contribution in [-0.2, 0) is 13.1 Å². The van der Waals surface area contributed by atoms with Crippen LogP contribution in [0.3, 0.4) is 0 Å². The number of amides is 1. The predicted molar refractivity (Wildman–Crippen MR) is 107 cm³/mol. The van der Waals surface area contributed by atoms with Crippen molar-refractivity contribution in [2.24, 2.45) is 5.92 Å². The van der Waals surface area contributed by atoms with Gasteiger partial charge in [-0.3, -0.25) is 9.69 Å². The Morgan fingerprint density at radius 2 is 2.07 bits per heavy atom. The Kier molecular flexibility index (Phi) is 5.34. The summed E-state index contributed by atoms with van der Waals surface area (Å²) in [5, 5.41) is 7.23. The maximum absolute atomic E-state index is 12.6. The molecule has 3 heterocycles. The molecular weight excluding hydrogens is 352 g/mol. The lowest BCUT2D eigenvalue weighted by Gasteiger charge is -2.31. The first-order valence-corrected chi connectivity index (χ1v) is 9.86. The van der Waals surface area contributed by atoms with Crippen molar-refractivity contribution >= 4 is 11.7 Å². The van der Waals surface area contributed by atoms with E-state index in [2.05, 4.69) is 50.4 Å². The fourth-order valence-corrected chi connectivity index (χ4v) is 3.81. The van der Waals surface area contributed by atoms with E-state index in [0.717, 1.165) is 36.8 Å². The van der Waals surface area contributed by atoms with Crippen molar-refractivity contribution in [3.63, 3.8) is 0 Å². The minimum Gasteiger partial charge on any atom is -0.345 e. The molecule has 1 aromatic carbocycles. The molecule has 1 atom stereocenters. The molecule has 4 rings (SSSR count). The molecule has 0 bridgehead atoms. The van der Waals surface area contributed by atoms with Gasteiger partial charge in [-0.15, -0.1) is 5.10 Å². The maximum Gasteiger partial charge on any atom is 0.291 e. The van der Waals surface area contributed by atoms with E-state index in [4.69, 9.17) is 0 Å². The number of benzene rings is 1. The summed E-state index contributed by atoms with van der Waals surface area (Å²) in [7, 11) is 0. The van der Waals surface area contributed by atoms with Gasteiger partial charge < -0.3 is 5.32 Å². The number of piperidine rings is 1. The van der Waals surface area contributed by atoms with E-state index < -0.39 is 0 Å². The Morgan fingerprint density at radius 1 is 1.25 bits per heavy atom. The number of rotatable bonds is 5. The van der Waals surface area contributed by atoms with Crippen LogP contribution in [0.4, 0.5) is 0 Å². The first-order valence-electron chi connectivity index (χ1n) is 9.86. The van der Waals surface area contributed by atoms with E-state index in [9.17, 15) is 4.79 Å². The van der Waals surface area contributed by atoms with Crippen molar-refractivity contribution in [2.75, 3.05) is 13.1 Å². The van der Waals surface area contributed by atoms with Crippen LogP contribution in [0.2, 0.25) is 0 Å². The smallest absolute Gasteiger partial charge is 0.291 e. The Morgan fingerprint density at radius 3 is 2.86 bits per heavy atom. The average Bonchev–Trinajstić information content (AvgIpc) is 3.13. The topological polar surface area (TPSA) is 75.4 Å². The number of hydrogen-bond acceptors (Lipinski definition) is 5. The quantitative estimate of drug-likeness (QED) is 0.739. The second-order valence-electron chi connectivity index (χ2n) is 7.67. The van der Waals surface area contributed by atoms with Gasteiger partial charge in [0.25, 0.3) is 11.7 Å². The number of hydrogen-bond donors (Lipinski definition) is 1. The molecule has 0 radical (unpaired) electrons. The van der Waals surface area contributed by atoms with E-state index in [1.54, 1.807) is 10.7 Å². The molecule has 0 spiro atoms. The van der Waals surface area contributed by atoms with Gasteiger partial charge >= 0.3 is 0 Å². The molecule has 1 aliphatic rings. The number of aryl methyl sites for hydroxylation is 1. The normalized spacial score (nSPS) is 17.7. The van der Waals surface area contributed by atoms with Gasteiger partial charge in [0.15, 0.2) is 0 Å². The highest BCUT2D eigenvalue weighted by Crippen LogP contribution is 2.19. The zero-order valence-electron chi connectivity index (χ0n) is 16.4. The highest BCUT2D eigenvalue weighted by molar-refractivity contribution is 5.90. The van der Waals surface area contributed by atoms with E-state index in [0.29, 0.717) is 12.3 Å². The van der Waals surface area contributed by atoms with Gasteiger partial charge in [-0.1, -0.05) is 31.2 Å². The molecule has 146 valence electrons. The van der Waals surface area contributed by atoms with Crippen molar-refractivity contribution in [3.05, 3.63) is 59.2 Å². The molecule has 1 aliphatic heterocycles. The van der Waals surface area contributed by atoms with E-state index in [1.165, 1.54) is 18.4 Å². The second-order valence-corrected chi connectivity index (χ2v) is 7.67. The molecule has 7 nitrogen and oxygen atoms in total. The van der Waals surface area contributed by atoms with Crippen LogP contribution in [-0.4, -0.2) is 43.5 Å². The summed E-state index contributed by atoms with van der Waals surface area (Å²) in [4.78, 5) is 23.4. The van der Waals surface area contributed by atoms with E-state index in [-0.39, 0.29) is 11.7 Å². The number of fused-ring (bicyclic) bond motifs is 1. The van der Waals surface area contributed by atoms with Gasteiger partial charge in [0.1, 0.15) is 0 Å².